The highest BCUT2D eigenvalue weighted by Gasteiger charge is 2.21. The summed E-state index contributed by atoms with van der Waals surface area (Å²) in [6.07, 6.45) is 4.67. The highest BCUT2D eigenvalue weighted by molar-refractivity contribution is 7.88. The van der Waals surface area contributed by atoms with Gasteiger partial charge in [0.15, 0.2) is 0 Å². The molecule has 0 saturated carbocycles. The van der Waals surface area contributed by atoms with E-state index in [9.17, 15) is 13.2 Å². The van der Waals surface area contributed by atoms with Gasteiger partial charge in [-0.25, -0.2) is 13.1 Å². The van der Waals surface area contributed by atoms with Crippen LogP contribution < -0.4 is 15.4 Å². The van der Waals surface area contributed by atoms with Crippen molar-refractivity contribution in [1.82, 2.24) is 15.4 Å². The Morgan fingerprint density at radius 1 is 1.38 bits per heavy atom. The number of amides is 1. The molecule has 21 heavy (non-hydrogen) atoms. The Morgan fingerprint density at radius 2 is 2.10 bits per heavy atom. The molecule has 0 aromatic rings. The van der Waals surface area contributed by atoms with Crippen LogP contribution in [0.3, 0.4) is 0 Å². The molecule has 0 aliphatic carbocycles. The molecular weight excluding hydrogens is 314 g/mol. The maximum absolute atomic E-state index is 11.8. The molecular formula is C13H28ClN3O3S. The van der Waals surface area contributed by atoms with Crippen LogP contribution in [0.15, 0.2) is 0 Å². The van der Waals surface area contributed by atoms with Gasteiger partial charge in [-0.3, -0.25) is 4.79 Å². The number of halogens is 1. The first kappa shape index (κ1) is 20.6. The molecule has 0 spiro atoms. The number of hydrogen-bond acceptors (Lipinski definition) is 4. The molecule has 2 atom stereocenters. The molecule has 0 aromatic carbocycles. The van der Waals surface area contributed by atoms with Crippen molar-refractivity contribution in [3.63, 3.8) is 0 Å². The summed E-state index contributed by atoms with van der Waals surface area (Å²) in [7, 11) is -3.13. The molecule has 1 rings (SSSR count). The van der Waals surface area contributed by atoms with Crippen LogP contribution in [0.1, 0.15) is 32.6 Å². The molecule has 3 N–H and O–H groups in total. The second kappa shape index (κ2) is 10.4. The number of rotatable bonds is 8. The van der Waals surface area contributed by atoms with Gasteiger partial charge in [-0.2, -0.15) is 0 Å². The van der Waals surface area contributed by atoms with Crippen LogP contribution in [-0.4, -0.2) is 46.8 Å². The zero-order valence-electron chi connectivity index (χ0n) is 12.9. The third kappa shape index (κ3) is 10.1. The number of carbonyl (C=O) groups is 1. The van der Waals surface area contributed by atoms with Crippen molar-refractivity contribution in [1.29, 1.82) is 0 Å². The van der Waals surface area contributed by atoms with Crippen molar-refractivity contribution in [2.75, 3.05) is 32.4 Å². The van der Waals surface area contributed by atoms with E-state index in [0.29, 0.717) is 37.8 Å². The number of hydrogen-bond donors (Lipinski definition) is 3. The molecule has 1 aliphatic heterocycles. The van der Waals surface area contributed by atoms with E-state index in [4.69, 9.17) is 0 Å². The van der Waals surface area contributed by atoms with Gasteiger partial charge in [0.25, 0.3) is 0 Å². The maximum atomic E-state index is 11.8. The zero-order chi connectivity index (χ0) is 15.0. The summed E-state index contributed by atoms with van der Waals surface area (Å²) < 4.78 is 24.1. The Morgan fingerprint density at radius 3 is 2.67 bits per heavy atom. The van der Waals surface area contributed by atoms with Gasteiger partial charge in [-0.15, -0.1) is 12.4 Å². The molecule has 1 aliphatic rings. The van der Waals surface area contributed by atoms with E-state index in [1.807, 2.05) is 0 Å². The van der Waals surface area contributed by atoms with E-state index in [-0.39, 0.29) is 18.3 Å². The van der Waals surface area contributed by atoms with E-state index in [1.165, 1.54) is 12.8 Å². The first-order chi connectivity index (χ1) is 9.38. The van der Waals surface area contributed by atoms with Crippen LogP contribution in [-0.2, 0) is 14.8 Å². The van der Waals surface area contributed by atoms with Crippen LogP contribution in [0.25, 0.3) is 0 Å². The van der Waals surface area contributed by atoms with E-state index in [2.05, 4.69) is 22.3 Å². The predicted molar refractivity (Wildman–Crippen MR) is 87.1 cm³/mol. The van der Waals surface area contributed by atoms with Crippen molar-refractivity contribution in [2.45, 2.75) is 32.6 Å². The third-order valence-electron chi connectivity index (χ3n) is 3.69. The molecule has 1 heterocycles. The van der Waals surface area contributed by atoms with Crippen molar-refractivity contribution >= 4 is 28.3 Å². The lowest BCUT2D eigenvalue weighted by molar-refractivity contribution is -0.122. The lowest BCUT2D eigenvalue weighted by atomic mass is 9.85. The van der Waals surface area contributed by atoms with Gasteiger partial charge in [0.2, 0.25) is 15.9 Å². The second-order valence-electron chi connectivity index (χ2n) is 5.66. The normalized spacial score (nSPS) is 20.4. The first-order valence-electron chi connectivity index (χ1n) is 7.30. The summed E-state index contributed by atoms with van der Waals surface area (Å²) in [6, 6.07) is 0. The molecule has 126 valence electrons. The van der Waals surface area contributed by atoms with Crippen LogP contribution in [0, 0.1) is 11.8 Å². The maximum Gasteiger partial charge on any atom is 0.220 e. The van der Waals surface area contributed by atoms with Gasteiger partial charge < -0.3 is 10.6 Å². The van der Waals surface area contributed by atoms with Crippen molar-refractivity contribution in [2.24, 2.45) is 11.8 Å². The average Bonchev–Trinajstić information content (AvgIpc) is 2.38. The summed E-state index contributed by atoms with van der Waals surface area (Å²) in [5.74, 6) is 1.03. The minimum absolute atomic E-state index is 0. The Hall–Kier alpha value is -0.370. The lowest BCUT2D eigenvalue weighted by Gasteiger charge is -2.28. The molecule has 0 aromatic heterocycles. The Balaban J connectivity index is 0.00000400. The van der Waals surface area contributed by atoms with Gasteiger partial charge in [-0.1, -0.05) is 6.92 Å². The third-order valence-corrected chi connectivity index (χ3v) is 4.42. The molecule has 1 saturated heterocycles. The minimum Gasteiger partial charge on any atom is -0.356 e. The minimum atomic E-state index is -3.13. The average molecular weight is 342 g/mol. The van der Waals surface area contributed by atoms with Crippen LogP contribution >= 0.6 is 12.4 Å². The van der Waals surface area contributed by atoms with Gasteiger partial charge in [-0.05, 0) is 44.2 Å². The van der Waals surface area contributed by atoms with E-state index in [1.54, 1.807) is 0 Å². The SMILES string of the molecule is CC(CC(=O)NCCCNS(C)(=O)=O)C1CCCNC1.Cl. The van der Waals surface area contributed by atoms with Crippen molar-refractivity contribution in [3.8, 4) is 0 Å². The molecule has 0 bridgehead atoms. The van der Waals surface area contributed by atoms with Crippen LogP contribution in [0.5, 0.6) is 0 Å². The van der Waals surface area contributed by atoms with Crippen molar-refractivity contribution < 1.29 is 13.2 Å². The molecule has 2 unspecified atom stereocenters. The van der Waals surface area contributed by atoms with E-state index in [0.717, 1.165) is 19.3 Å². The van der Waals surface area contributed by atoms with Gasteiger partial charge >= 0.3 is 0 Å². The summed E-state index contributed by atoms with van der Waals surface area (Å²) in [5.41, 5.74) is 0. The highest BCUT2D eigenvalue weighted by atomic mass is 35.5. The number of sulfonamides is 1. The lowest BCUT2D eigenvalue weighted by Crippen LogP contribution is -2.36. The van der Waals surface area contributed by atoms with Crippen LogP contribution in [0.2, 0.25) is 0 Å². The van der Waals surface area contributed by atoms with Crippen LogP contribution in [0.4, 0.5) is 0 Å². The molecule has 0 radical (unpaired) electrons. The fraction of sp³-hybridized carbons (Fsp3) is 0.923. The van der Waals surface area contributed by atoms with Gasteiger partial charge in [0.05, 0.1) is 6.26 Å². The number of piperidine rings is 1. The Bertz CT molecular complexity index is 397. The Labute approximate surface area is 134 Å². The summed E-state index contributed by atoms with van der Waals surface area (Å²) in [5, 5.41) is 6.21. The molecule has 8 heteroatoms. The number of nitrogens with one attached hydrogen (secondary N) is 3. The fourth-order valence-electron chi connectivity index (χ4n) is 2.47. The highest BCUT2D eigenvalue weighted by Crippen LogP contribution is 2.22. The topological polar surface area (TPSA) is 87.3 Å². The Kier molecular flexibility index (Phi) is 10.2. The van der Waals surface area contributed by atoms with E-state index < -0.39 is 10.0 Å². The largest absolute Gasteiger partial charge is 0.356 e. The summed E-state index contributed by atoms with van der Waals surface area (Å²) in [6.45, 7) is 5.09. The summed E-state index contributed by atoms with van der Waals surface area (Å²) >= 11 is 0. The number of carbonyl (C=O) groups excluding carboxylic acids is 1. The molecule has 1 fully saturated rings. The smallest absolute Gasteiger partial charge is 0.220 e. The fourth-order valence-corrected chi connectivity index (χ4v) is 2.98. The predicted octanol–water partition coefficient (Wildman–Crippen LogP) is 0.490. The van der Waals surface area contributed by atoms with Gasteiger partial charge in [0, 0.05) is 19.5 Å². The quantitative estimate of drug-likeness (QED) is 0.561. The zero-order valence-corrected chi connectivity index (χ0v) is 14.5. The first-order valence-corrected chi connectivity index (χ1v) is 9.19. The van der Waals surface area contributed by atoms with Gasteiger partial charge in [0.1, 0.15) is 0 Å². The second-order valence-corrected chi connectivity index (χ2v) is 7.49. The standard InChI is InChI=1S/C13H27N3O3S.ClH/c1-11(12-5-3-6-14-10-12)9-13(17)15-7-4-8-16-20(2,18)19;/h11-12,14,16H,3-10H2,1-2H3,(H,15,17);1H. The summed E-state index contributed by atoms with van der Waals surface area (Å²) in [4.78, 5) is 11.8. The monoisotopic (exact) mass is 341 g/mol. The van der Waals surface area contributed by atoms with E-state index >= 15 is 0 Å². The molecule has 6 nitrogen and oxygen atoms in total. The van der Waals surface area contributed by atoms with Crippen molar-refractivity contribution in [3.05, 3.63) is 0 Å². The molecule has 1 amide bonds.